The Morgan fingerprint density at radius 1 is 1.05 bits per heavy atom. The molecule has 20 heavy (non-hydrogen) atoms. The molecule has 0 aliphatic carbocycles. The predicted molar refractivity (Wildman–Crippen MR) is 81.0 cm³/mol. The van der Waals surface area contributed by atoms with Crippen LogP contribution in [0.5, 0.6) is 5.75 Å². The Morgan fingerprint density at radius 2 is 1.85 bits per heavy atom. The smallest absolute Gasteiger partial charge is 0.137 e. The summed E-state index contributed by atoms with van der Waals surface area (Å²) >= 11 is 6.18. The minimum absolute atomic E-state index is 0.576. The van der Waals surface area contributed by atoms with Crippen molar-refractivity contribution in [3.05, 3.63) is 59.9 Å². The van der Waals surface area contributed by atoms with Crippen LogP contribution in [-0.2, 0) is 0 Å². The van der Waals surface area contributed by atoms with Crippen molar-refractivity contribution in [2.24, 2.45) is 0 Å². The molecular formula is C16H13ClN2O. The van der Waals surface area contributed by atoms with Gasteiger partial charge in [0.1, 0.15) is 5.75 Å². The second kappa shape index (κ2) is 5.39. The molecule has 0 bridgehead atoms. The lowest BCUT2D eigenvalue weighted by atomic mass is 10.1. The number of aromatic amines is 1. The van der Waals surface area contributed by atoms with Crippen molar-refractivity contribution in [1.82, 2.24) is 9.97 Å². The van der Waals surface area contributed by atoms with Gasteiger partial charge in [-0.2, -0.15) is 0 Å². The van der Waals surface area contributed by atoms with Gasteiger partial charge in [-0.15, -0.1) is 0 Å². The van der Waals surface area contributed by atoms with Crippen LogP contribution >= 0.6 is 11.6 Å². The van der Waals surface area contributed by atoms with E-state index in [1.54, 1.807) is 13.4 Å². The Kier molecular flexibility index (Phi) is 3.44. The third kappa shape index (κ3) is 2.28. The molecule has 0 unspecified atom stereocenters. The van der Waals surface area contributed by atoms with Gasteiger partial charge >= 0.3 is 0 Å². The monoisotopic (exact) mass is 284 g/mol. The van der Waals surface area contributed by atoms with E-state index >= 15 is 0 Å². The highest BCUT2D eigenvalue weighted by molar-refractivity contribution is 6.32. The van der Waals surface area contributed by atoms with Crippen molar-refractivity contribution in [3.8, 4) is 28.3 Å². The molecule has 0 fully saturated rings. The Morgan fingerprint density at radius 3 is 2.55 bits per heavy atom. The van der Waals surface area contributed by atoms with Crippen molar-refractivity contribution >= 4 is 11.6 Å². The van der Waals surface area contributed by atoms with Crippen LogP contribution in [0.2, 0.25) is 5.02 Å². The molecule has 2 aromatic carbocycles. The maximum Gasteiger partial charge on any atom is 0.137 e. The third-order valence-electron chi connectivity index (χ3n) is 3.13. The zero-order valence-electron chi connectivity index (χ0n) is 10.9. The van der Waals surface area contributed by atoms with Crippen LogP contribution in [0, 0.1) is 0 Å². The zero-order valence-corrected chi connectivity index (χ0v) is 11.7. The summed E-state index contributed by atoms with van der Waals surface area (Å²) in [6, 6.07) is 15.7. The quantitative estimate of drug-likeness (QED) is 0.774. The van der Waals surface area contributed by atoms with E-state index in [0.717, 1.165) is 22.5 Å². The van der Waals surface area contributed by atoms with Crippen LogP contribution in [-0.4, -0.2) is 17.1 Å². The molecule has 3 nitrogen and oxygen atoms in total. The standard InChI is InChI=1S/C16H13ClN2O/c1-20-14-8-7-12(9-13(14)17)16-15(18-10-19-16)11-5-3-2-4-6-11/h2-10H,1H3,(H,18,19). The first-order chi connectivity index (χ1) is 9.79. The molecule has 0 saturated carbocycles. The second-order valence-corrected chi connectivity index (χ2v) is 4.75. The number of imidazole rings is 1. The first-order valence-corrected chi connectivity index (χ1v) is 6.60. The summed E-state index contributed by atoms with van der Waals surface area (Å²) in [7, 11) is 1.60. The van der Waals surface area contributed by atoms with Crippen molar-refractivity contribution < 1.29 is 4.74 Å². The lowest BCUT2D eigenvalue weighted by Crippen LogP contribution is -1.87. The molecule has 0 radical (unpaired) electrons. The number of benzene rings is 2. The van der Waals surface area contributed by atoms with Crippen molar-refractivity contribution in [3.63, 3.8) is 0 Å². The van der Waals surface area contributed by atoms with Gasteiger partial charge in [-0.3, -0.25) is 0 Å². The van der Waals surface area contributed by atoms with E-state index in [2.05, 4.69) is 9.97 Å². The van der Waals surface area contributed by atoms with E-state index in [0.29, 0.717) is 10.8 Å². The fourth-order valence-electron chi connectivity index (χ4n) is 2.15. The number of nitrogens with zero attached hydrogens (tertiary/aromatic N) is 1. The lowest BCUT2D eigenvalue weighted by Gasteiger charge is -2.06. The number of hydrogen-bond donors (Lipinski definition) is 1. The molecule has 0 saturated heterocycles. The van der Waals surface area contributed by atoms with Crippen LogP contribution < -0.4 is 4.74 Å². The number of nitrogens with one attached hydrogen (secondary N) is 1. The van der Waals surface area contributed by atoms with E-state index in [-0.39, 0.29) is 0 Å². The molecule has 1 heterocycles. The molecule has 0 aliphatic rings. The van der Waals surface area contributed by atoms with Gasteiger partial charge < -0.3 is 9.72 Å². The van der Waals surface area contributed by atoms with Crippen LogP contribution in [0.4, 0.5) is 0 Å². The number of H-pyrrole nitrogens is 1. The summed E-state index contributed by atoms with van der Waals surface area (Å²) in [5.74, 6) is 0.659. The molecule has 1 N–H and O–H groups in total. The molecule has 3 aromatic rings. The first-order valence-electron chi connectivity index (χ1n) is 6.22. The molecule has 0 aliphatic heterocycles. The highest BCUT2D eigenvalue weighted by Crippen LogP contribution is 2.33. The molecule has 1 aromatic heterocycles. The normalized spacial score (nSPS) is 10.5. The molecule has 4 heteroatoms. The van der Waals surface area contributed by atoms with Crippen molar-refractivity contribution in [2.45, 2.75) is 0 Å². The third-order valence-corrected chi connectivity index (χ3v) is 3.42. The van der Waals surface area contributed by atoms with Crippen LogP contribution in [0.25, 0.3) is 22.5 Å². The fourth-order valence-corrected chi connectivity index (χ4v) is 2.41. The Balaban J connectivity index is 2.08. The van der Waals surface area contributed by atoms with E-state index in [9.17, 15) is 0 Å². The van der Waals surface area contributed by atoms with Gasteiger partial charge in [-0.25, -0.2) is 4.98 Å². The summed E-state index contributed by atoms with van der Waals surface area (Å²) < 4.78 is 5.17. The van der Waals surface area contributed by atoms with Gasteiger partial charge in [0.15, 0.2) is 0 Å². The molecule has 0 amide bonds. The molecule has 3 rings (SSSR count). The summed E-state index contributed by atoms with van der Waals surface area (Å²) in [6.07, 6.45) is 1.69. The minimum Gasteiger partial charge on any atom is -0.495 e. The average Bonchev–Trinajstić information content (AvgIpc) is 2.97. The Hall–Kier alpha value is -2.26. The minimum atomic E-state index is 0.576. The zero-order chi connectivity index (χ0) is 13.9. The highest BCUT2D eigenvalue weighted by Gasteiger charge is 2.11. The van der Waals surface area contributed by atoms with Crippen molar-refractivity contribution in [2.75, 3.05) is 7.11 Å². The van der Waals surface area contributed by atoms with E-state index in [1.165, 1.54) is 0 Å². The number of methoxy groups -OCH3 is 1. The van der Waals surface area contributed by atoms with E-state index in [4.69, 9.17) is 16.3 Å². The molecule has 0 spiro atoms. The Labute approximate surface area is 122 Å². The number of aromatic nitrogens is 2. The van der Waals surface area contributed by atoms with E-state index < -0.39 is 0 Å². The van der Waals surface area contributed by atoms with Gasteiger partial charge in [-0.05, 0) is 18.2 Å². The lowest BCUT2D eigenvalue weighted by molar-refractivity contribution is 0.415. The maximum atomic E-state index is 6.18. The van der Waals surface area contributed by atoms with Gasteiger partial charge in [0.2, 0.25) is 0 Å². The number of rotatable bonds is 3. The van der Waals surface area contributed by atoms with Crippen LogP contribution in [0.15, 0.2) is 54.9 Å². The topological polar surface area (TPSA) is 37.9 Å². The fraction of sp³-hybridized carbons (Fsp3) is 0.0625. The summed E-state index contributed by atoms with van der Waals surface area (Å²) in [6.45, 7) is 0. The average molecular weight is 285 g/mol. The van der Waals surface area contributed by atoms with Crippen LogP contribution in [0.3, 0.4) is 0 Å². The second-order valence-electron chi connectivity index (χ2n) is 4.34. The molecular weight excluding hydrogens is 272 g/mol. The van der Waals surface area contributed by atoms with Gasteiger partial charge in [0.05, 0.1) is 29.8 Å². The molecule has 0 atom stereocenters. The molecule has 100 valence electrons. The summed E-state index contributed by atoms with van der Waals surface area (Å²) in [5.41, 5.74) is 3.90. The summed E-state index contributed by atoms with van der Waals surface area (Å²) in [4.78, 5) is 7.59. The first kappa shape index (κ1) is 12.8. The number of ether oxygens (including phenoxy) is 1. The largest absolute Gasteiger partial charge is 0.495 e. The number of hydrogen-bond acceptors (Lipinski definition) is 2. The predicted octanol–water partition coefficient (Wildman–Crippen LogP) is 4.41. The van der Waals surface area contributed by atoms with Crippen molar-refractivity contribution in [1.29, 1.82) is 0 Å². The Bertz CT molecular complexity index is 722. The maximum absolute atomic E-state index is 6.18. The van der Waals surface area contributed by atoms with Gasteiger partial charge in [0.25, 0.3) is 0 Å². The SMILES string of the molecule is COc1ccc(-c2nc[nH]c2-c2ccccc2)cc1Cl. The van der Waals surface area contributed by atoms with E-state index in [1.807, 2.05) is 48.5 Å². The van der Waals surface area contributed by atoms with Crippen LogP contribution in [0.1, 0.15) is 0 Å². The summed E-state index contributed by atoms with van der Waals surface area (Å²) in [5, 5.41) is 0.576. The van der Waals surface area contributed by atoms with Gasteiger partial charge in [0, 0.05) is 11.1 Å². The highest BCUT2D eigenvalue weighted by atomic mass is 35.5. The number of halogens is 1. The van der Waals surface area contributed by atoms with Gasteiger partial charge in [-0.1, -0.05) is 41.9 Å².